The number of nitrogens with zero attached hydrogens (tertiary/aromatic N) is 5. The molecule has 3 aromatic rings. The van der Waals surface area contributed by atoms with Crippen molar-refractivity contribution in [2.75, 3.05) is 13.1 Å². The summed E-state index contributed by atoms with van der Waals surface area (Å²) in [5.74, 6) is 1.05. The summed E-state index contributed by atoms with van der Waals surface area (Å²) in [5.41, 5.74) is 4.22. The van der Waals surface area contributed by atoms with Gasteiger partial charge < -0.3 is 4.90 Å². The quantitative estimate of drug-likeness (QED) is 0.694. The molecule has 134 valence electrons. The molecule has 0 spiro atoms. The molecule has 5 rings (SSSR count). The van der Waals surface area contributed by atoms with Gasteiger partial charge in [-0.1, -0.05) is 0 Å². The number of fused-ring (bicyclic) bond motifs is 3. The molecule has 1 saturated heterocycles. The highest BCUT2D eigenvalue weighted by Gasteiger charge is 2.35. The SMILES string of the molecule is Cc1nnc2sc3c(C4CCN(C(=O)C5CC5)CC4)ncnc3c2c1C. The van der Waals surface area contributed by atoms with E-state index >= 15 is 0 Å². The maximum atomic E-state index is 12.3. The first kappa shape index (κ1) is 16.1. The van der Waals surface area contributed by atoms with Crippen LogP contribution in [0.5, 0.6) is 0 Å². The fourth-order valence-corrected chi connectivity index (χ4v) is 5.15. The predicted molar refractivity (Wildman–Crippen MR) is 101 cm³/mol. The second-order valence-electron chi connectivity index (χ2n) is 7.50. The van der Waals surface area contributed by atoms with Crippen LogP contribution in [0.1, 0.15) is 48.6 Å². The summed E-state index contributed by atoms with van der Waals surface area (Å²) in [6, 6.07) is 0. The molecule has 0 bridgehead atoms. The van der Waals surface area contributed by atoms with Gasteiger partial charge in [0.1, 0.15) is 11.2 Å². The molecule has 0 aromatic carbocycles. The zero-order chi connectivity index (χ0) is 17.8. The van der Waals surface area contributed by atoms with Gasteiger partial charge >= 0.3 is 0 Å². The van der Waals surface area contributed by atoms with Crippen LogP contribution in [-0.4, -0.2) is 44.1 Å². The van der Waals surface area contributed by atoms with Crippen LogP contribution in [0, 0.1) is 19.8 Å². The van der Waals surface area contributed by atoms with Crippen LogP contribution < -0.4 is 0 Å². The van der Waals surface area contributed by atoms with E-state index in [0.717, 1.165) is 76.2 Å². The second kappa shape index (κ2) is 5.94. The summed E-state index contributed by atoms with van der Waals surface area (Å²) in [4.78, 5) is 24.5. The number of hydrogen-bond acceptors (Lipinski definition) is 6. The Hall–Kier alpha value is -2.15. The van der Waals surface area contributed by atoms with E-state index in [1.165, 1.54) is 0 Å². The third-order valence-electron chi connectivity index (χ3n) is 5.81. The van der Waals surface area contributed by atoms with Crippen LogP contribution in [0.2, 0.25) is 0 Å². The van der Waals surface area contributed by atoms with Crippen molar-refractivity contribution in [2.24, 2.45) is 5.92 Å². The molecule has 7 heteroatoms. The summed E-state index contributed by atoms with van der Waals surface area (Å²) in [7, 11) is 0. The number of thiophene rings is 1. The van der Waals surface area contributed by atoms with E-state index in [1.54, 1.807) is 17.7 Å². The van der Waals surface area contributed by atoms with Gasteiger partial charge in [0.2, 0.25) is 5.91 Å². The van der Waals surface area contributed by atoms with Crippen molar-refractivity contribution in [3.8, 4) is 0 Å². The van der Waals surface area contributed by atoms with Crippen molar-refractivity contribution < 1.29 is 4.79 Å². The molecule has 1 amide bonds. The largest absolute Gasteiger partial charge is 0.342 e. The van der Waals surface area contributed by atoms with E-state index in [1.807, 2.05) is 6.92 Å². The van der Waals surface area contributed by atoms with Crippen LogP contribution in [0.4, 0.5) is 0 Å². The Morgan fingerprint density at radius 2 is 1.88 bits per heavy atom. The first-order valence-corrected chi connectivity index (χ1v) is 10.1. The number of hydrogen-bond donors (Lipinski definition) is 0. The van der Waals surface area contributed by atoms with Crippen LogP contribution in [0.25, 0.3) is 20.4 Å². The Balaban J connectivity index is 1.50. The van der Waals surface area contributed by atoms with Crippen molar-refractivity contribution in [1.82, 2.24) is 25.1 Å². The van der Waals surface area contributed by atoms with Gasteiger partial charge in [0.05, 0.1) is 21.6 Å². The minimum absolute atomic E-state index is 0.310. The third kappa shape index (κ3) is 2.48. The van der Waals surface area contributed by atoms with Gasteiger partial charge in [0.25, 0.3) is 0 Å². The fraction of sp³-hybridized carbons (Fsp3) is 0.526. The number of rotatable bonds is 2. The van der Waals surface area contributed by atoms with Crippen molar-refractivity contribution in [3.63, 3.8) is 0 Å². The molecule has 0 atom stereocenters. The number of amides is 1. The van der Waals surface area contributed by atoms with Crippen LogP contribution in [-0.2, 0) is 4.79 Å². The average Bonchev–Trinajstić information content (AvgIpc) is 3.44. The van der Waals surface area contributed by atoms with Gasteiger partial charge in [-0.15, -0.1) is 16.4 Å². The van der Waals surface area contributed by atoms with Crippen molar-refractivity contribution in [2.45, 2.75) is 45.4 Å². The maximum absolute atomic E-state index is 12.3. The second-order valence-corrected chi connectivity index (χ2v) is 8.50. The van der Waals surface area contributed by atoms with Crippen LogP contribution in [0.3, 0.4) is 0 Å². The summed E-state index contributed by atoms with van der Waals surface area (Å²) < 4.78 is 1.14. The lowest BCUT2D eigenvalue weighted by Crippen LogP contribution is -2.38. The Morgan fingerprint density at radius 3 is 2.62 bits per heavy atom. The lowest BCUT2D eigenvalue weighted by atomic mass is 9.92. The molecule has 2 aliphatic rings. The number of piperidine rings is 1. The number of aryl methyl sites for hydroxylation is 2. The van der Waals surface area contributed by atoms with Gasteiger partial charge in [0.15, 0.2) is 0 Å². The standard InChI is InChI=1S/C19H21N5OS/c1-10-11(2)22-23-18-14(10)16-17(26-18)15(20-9-21-16)12-5-7-24(8-6-12)19(25)13-3-4-13/h9,12-13H,3-8H2,1-2H3. The molecule has 4 heterocycles. The Bertz CT molecular complexity index is 1020. The zero-order valence-corrected chi connectivity index (χ0v) is 15.8. The van der Waals surface area contributed by atoms with Crippen molar-refractivity contribution >= 4 is 37.7 Å². The Morgan fingerprint density at radius 1 is 1.12 bits per heavy atom. The topological polar surface area (TPSA) is 71.9 Å². The van der Waals surface area contributed by atoms with E-state index < -0.39 is 0 Å². The molecule has 0 unspecified atom stereocenters. The van der Waals surface area contributed by atoms with E-state index in [2.05, 4.69) is 32.0 Å². The number of aromatic nitrogens is 4. The first-order chi connectivity index (χ1) is 12.6. The molecule has 6 nitrogen and oxygen atoms in total. The minimum Gasteiger partial charge on any atom is -0.342 e. The summed E-state index contributed by atoms with van der Waals surface area (Å²) >= 11 is 1.65. The van der Waals surface area contributed by atoms with E-state index in [9.17, 15) is 4.79 Å². The predicted octanol–water partition coefficient (Wildman–Crippen LogP) is 3.37. The van der Waals surface area contributed by atoms with Gasteiger partial charge in [0, 0.05) is 30.3 Å². The number of carbonyl (C=O) groups is 1. The lowest BCUT2D eigenvalue weighted by Gasteiger charge is -2.32. The van der Waals surface area contributed by atoms with Gasteiger partial charge in [-0.05, 0) is 45.1 Å². The number of carbonyl (C=O) groups excluding carboxylic acids is 1. The molecule has 2 fully saturated rings. The van der Waals surface area contributed by atoms with E-state index in [0.29, 0.717) is 17.7 Å². The summed E-state index contributed by atoms with van der Waals surface area (Å²) in [6.45, 7) is 5.75. The van der Waals surface area contributed by atoms with Crippen molar-refractivity contribution in [3.05, 3.63) is 23.3 Å². The highest BCUT2D eigenvalue weighted by atomic mass is 32.1. The lowest BCUT2D eigenvalue weighted by molar-refractivity contribution is -0.133. The maximum Gasteiger partial charge on any atom is 0.225 e. The van der Waals surface area contributed by atoms with Crippen LogP contribution >= 0.6 is 11.3 Å². The summed E-state index contributed by atoms with van der Waals surface area (Å²) in [5, 5.41) is 9.75. The normalized spacial score (nSPS) is 18.8. The molecule has 26 heavy (non-hydrogen) atoms. The van der Waals surface area contributed by atoms with Crippen LogP contribution in [0.15, 0.2) is 6.33 Å². The molecular formula is C19H21N5OS. The molecule has 1 saturated carbocycles. The van der Waals surface area contributed by atoms with Crippen molar-refractivity contribution in [1.29, 1.82) is 0 Å². The van der Waals surface area contributed by atoms with Gasteiger partial charge in [-0.25, -0.2) is 9.97 Å². The van der Waals surface area contributed by atoms with Gasteiger partial charge in [-0.3, -0.25) is 4.79 Å². The van der Waals surface area contributed by atoms with E-state index in [4.69, 9.17) is 0 Å². The fourth-order valence-electron chi connectivity index (χ4n) is 3.95. The zero-order valence-electron chi connectivity index (χ0n) is 15.0. The third-order valence-corrected chi connectivity index (χ3v) is 6.89. The highest BCUT2D eigenvalue weighted by molar-refractivity contribution is 7.25. The van der Waals surface area contributed by atoms with Gasteiger partial charge in [-0.2, -0.15) is 5.10 Å². The number of likely N-dealkylation sites (tertiary alicyclic amines) is 1. The first-order valence-electron chi connectivity index (χ1n) is 9.29. The smallest absolute Gasteiger partial charge is 0.225 e. The monoisotopic (exact) mass is 367 g/mol. The minimum atomic E-state index is 0.310. The Kier molecular flexibility index (Phi) is 3.67. The molecule has 1 aliphatic heterocycles. The molecule has 3 aromatic heterocycles. The molecule has 1 aliphatic carbocycles. The summed E-state index contributed by atoms with van der Waals surface area (Å²) in [6.07, 6.45) is 5.78. The highest BCUT2D eigenvalue weighted by Crippen LogP contribution is 2.40. The molecular weight excluding hydrogens is 346 g/mol. The Labute approximate surface area is 155 Å². The average molecular weight is 367 g/mol. The van der Waals surface area contributed by atoms with E-state index in [-0.39, 0.29) is 0 Å². The molecule has 0 radical (unpaired) electrons. The molecule has 0 N–H and O–H groups in total.